The summed E-state index contributed by atoms with van der Waals surface area (Å²) in [6, 6.07) is 9.50. The second-order valence-electron chi connectivity index (χ2n) is 5.69. The van der Waals surface area contributed by atoms with E-state index in [4.69, 9.17) is 0 Å². The Hall–Kier alpha value is -0.860. The molecule has 1 aromatic rings. The predicted molar refractivity (Wildman–Crippen MR) is 78.0 cm³/mol. The molecule has 0 aliphatic heterocycles. The zero-order valence-electron chi connectivity index (χ0n) is 11.9. The lowest BCUT2D eigenvalue weighted by molar-refractivity contribution is 0.363. The van der Waals surface area contributed by atoms with E-state index in [2.05, 4.69) is 55.6 Å². The molecule has 2 nitrogen and oxygen atoms in total. The molecule has 1 atom stereocenters. The number of hydrogen-bond acceptors (Lipinski definition) is 2. The first-order valence-corrected chi connectivity index (χ1v) is 7.13. The Kier molecular flexibility index (Phi) is 4.79. The molecule has 1 fully saturated rings. The molecule has 0 amide bonds. The SMILES string of the molecule is CNC(CCN(C)C)c1ccccc1C1CCC1. The lowest BCUT2D eigenvalue weighted by Crippen LogP contribution is -2.25. The van der Waals surface area contributed by atoms with Crippen LogP contribution in [0.2, 0.25) is 0 Å². The van der Waals surface area contributed by atoms with Crippen molar-refractivity contribution in [1.29, 1.82) is 0 Å². The second-order valence-corrected chi connectivity index (χ2v) is 5.69. The van der Waals surface area contributed by atoms with Crippen molar-refractivity contribution in [3.05, 3.63) is 35.4 Å². The van der Waals surface area contributed by atoms with Crippen LogP contribution in [-0.4, -0.2) is 32.6 Å². The van der Waals surface area contributed by atoms with E-state index >= 15 is 0 Å². The molecule has 0 aromatic heterocycles. The molecule has 100 valence electrons. The highest BCUT2D eigenvalue weighted by atomic mass is 15.1. The van der Waals surface area contributed by atoms with E-state index < -0.39 is 0 Å². The summed E-state index contributed by atoms with van der Waals surface area (Å²) < 4.78 is 0. The van der Waals surface area contributed by atoms with Gasteiger partial charge in [0.05, 0.1) is 0 Å². The van der Waals surface area contributed by atoms with Crippen LogP contribution in [0.15, 0.2) is 24.3 Å². The van der Waals surface area contributed by atoms with E-state index in [1.54, 1.807) is 5.56 Å². The maximum Gasteiger partial charge on any atom is 0.0332 e. The Balaban J connectivity index is 2.13. The van der Waals surface area contributed by atoms with Crippen molar-refractivity contribution >= 4 is 0 Å². The van der Waals surface area contributed by atoms with Gasteiger partial charge in [-0.1, -0.05) is 30.7 Å². The Morgan fingerprint density at radius 3 is 2.56 bits per heavy atom. The van der Waals surface area contributed by atoms with Crippen LogP contribution in [-0.2, 0) is 0 Å². The van der Waals surface area contributed by atoms with E-state index in [0.29, 0.717) is 6.04 Å². The van der Waals surface area contributed by atoms with Gasteiger partial charge in [0.2, 0.25) is 0 Å². The normalized spacial score (nSPS) is 17.8. The van der Waals surface area contributed by atoms with E-state index in [1.165, 1.54) is 31.2 Å². The fraction of sp³-hybridized carbons (Fsp3) is 0.625. The maximum atomic E-state index is 3.49. The molecule has 1 aromatic carbocycles. The third-order valence-electron chi connectivity index (χ3n) is 4.13. The molecule has 0 bridgehead atoms. The van der Waals surface area contributed by atoms with Crippen molar-refractivity contribution in [3.8, 4) is 0 Å². The van der Waals surface area contributed by atoms with Crippen molar-refractivity contribution in [2.75, 3.05) is 27.7 Å². The third kappa shape index (κ3) is 3.12. The predicted octanol–water partition coefficient (Wildman–Crippen LogP) is 3.17. The average Bonchev–Trinajstić information content (AvgIpc) is 2.29. The first kappa shape index (κ1) is 13.6. The summed E-state index contributed by atoms with van der Waals surface area (Å²) in [5.74, 6) is 0.816. The van der Waals surface area contributed by atoms with Gasteiger partial charge in [-0.15, -0.1) is 0 Å². The average molecular weight is 246 g/mol. The molecular weight excluding hydrogens is 220 g/mol. The summed E-state index contributed by atoms with van der Waals surface area (Å²) in [6.45, 7) is 1.13. The molecule has 2 rings (SSSR count). The molecular formula is C16H26N2. The minimum Gasteiger partial charge on any atom is -0.313 e. The molecule has 1 unspecified atom stereocenters. The van der Waals surface area contributed by atoms with Gasteiger partial charge in [0.15, 0.2) is 0 Å². The Labute approximate surface area is 111 Å². The van der Waals surface area contributed by atoms with Crippen LogP contribution in [0.1, 0.15) is 48.8 Å². The quantitative estimate of drug-likeness (QED) is 0.829. The first-order chi connectivity index (χ1) is 8.72. The molecule has 0 heterocycles. The zero-order chi connectivity index (χ0) is 13.0. The van der Waals surface area contributed by atoms with Crippen LogP contribution >= 0.6 is 0 Å². The summed E-state index contributed by atoms with van der Waals surface area (Å²) in [6.07, 6.45) is 5.33. The molecule has 1 aliphatic rings. The number of rotatable bonds is 6. The van der Waals surface area contributed by atoms with Gasteiger partial charge in [-0.05, 0) is 64.0 Å². The highest BCUT2D eigenvalue weighted by Crippen LogP contribution is 2.39. The Bertz CT molecular complexity index is 369. The number of benzene rings is 1. The van der Waals surface area contributed by atoms with Gasteiger partial charge in [0, 0.05) is 6.04 Å². The third-order valence-corrected chi connectivity index (χ3v) is 4.13. The van der Waals surface area contributed by atoms with Gasteiger partial charge in [0.25, 0.3) is 0 Å². The number of hydrogen-bond donors (Lipinski definition) is 1. The molecule has 0 saturated heterocycles. The summed E-state index contributed by atoms with van der Waals surface area (Å²) >= 11 is 0. The molecule has 1 saturated carbocycles. The van der Waals surface area contributed by atoms with Crippen LogP contribution in [0.3, 0.4) is 0 Å². The van der Waals surface area contributed by atoms with E-state index in [0.717, 1.165) is 12.5 Å². The van der Waals surface area contributed by atoms with Gasteiger partial charge < -0.3 is 10.2 Å². The van der Waals surface area contributed by atoms with E-state index in [-0.39, 0.29) is 0 Å². The molecule has 1 aliphatic carbocycles. The zero-order valence-corrected chi connectivity index (χ0v) is 11.9. The summed E-state index contributed by atoms with van der Waals surface area (Å²) in [5, 5.41) is 3.49. The first-order valence-electron chi connectivity index (χ1n) is 7.13. The van der Waals surface area contributed by atoms with Crippen LogP contribution < -0.4 is 5.32 Å². The minimum absolute atomic E-state index is 0.490. The van der Waals surface area contributed by atoms with Crippen LogP contribution in [0.5, 0.6) is 0 Å². The summed E-state index contributed by atoms with van der Waals surface area (Å²) in [5.41, 5.74) is 3.11. The van der Waals surface area contributed by atoms with Gasteiger partial charge >= 0.3 is 0 Å². The number of nitrogens with one attached hydrogen (secondary N) is 1. The monoisotopic (exact) mass is 246 g/mol. The summed E-state index contributed by atoms with van der Waals surface area (Å²) in [4.78, 5) is 2.26. The topological polar surface area (TPSA) is 15.3 Å². The largest absolute Gasteiger partial charge is 0.313 e. The molecule has 18 heavy (non-hydrogen) atoms. The lowest BCUT2D eigenvalue weighted by atomic mass is 9.77. The highest BCUT2D eigenvalue weighted by Gasteiger charge is 2.24. The number of nitrogens with zero attached hydrogens (tertiary/aromatic N) is 1. The van der Waals surface area contributed by atoms with Crippen molar-refractivity contribution in [1.82, 2.24) is 10.2 Å². The highest BCUT2D eigenvalue weighted by molar-refractivity contribution is 5.34. The van der Waals surface area contributed by atoms with Crippen molar-refractivity contribution in [2.45, 2.75) is 37.6 Å². The van der Waals surface area contributed by atoms with Gasteiger partial charge in [-0.2, -0.15) is 0 Å². The molecule has 2 heteroatoms. The van der Waals surface area contributed by atoms with Crippen molar-refractivity contribution in [3.63, 3.8) is 0 Å². The van der Waals surface area contributed by atoms with Crippen LogP contribution in [0, 0.1) is 0 Å². The molecule has 1 N–H and O–H groups in total. The smallest absolute Gasteiger partial charge is 0.0332 e. The van der Waals surface area contributed by atoms with Crippen LogP contribution in [0.4, 0.5) is 0 Å². The molecule has 0 radical (unpaired) electrons. The maximum absolute atomic E-state index is 3.49. The van der Waals surface area contributed by atoms with E-state index in [9.17, 15) is 0 Å². The second kappa shape index (κ2) is 6.35. The van der Waals surface area contributed by atoms with Crippen molar-refractivity contribution < 1.29 is 0 Å². The van der Waals surface area contributed by atoms with Crippen LogP contribution in [0.25, 0.3) is 0 Å². The van der Waals surface area contributed by atoms with Gasteiger partial charge in [-0.3, -0.25) is 0 Å². The minimum atomic E-state index is 0.490. The fourth-order valence-corrected chi connectivity index (χ4v) is 2.76. The van der Waals surface area contributed by atoms with Gasteiger partial charge in [-0.25, -0.2) is 0 Å². The lowest BCUT2D eigenvalue weighted by Gasteiger charge is -2.30. The Morgan fingerprint density at radius 1 is 1.28 bits per heavy atom. The summed E-state index contributed by atoms with van der Waals surface area (Å²) in [7, 11) is 6.37. The van der Waals surface area contributed by atoms with Gasteiger partial charge in [0.1, 0.15) is 0 Å². The fourth-order valence-electron chi connectivity index (χ4n) is 2.76. The Morgan fingerprint density at radius 2 is 2.00 bits per heavy atom. The van der Waals surface area contributed by atoms with E-state index in [1.807, 2.05) is 0 Å². The van der Waals surface area contributed by atoms with Crippen molar-refractivity contribution in [2.24, 2.45) is 0 Å². The standard InChI is InChI=1S/C16H26N2/c1-17-16(11-12-18(2)3)15-10-5-4-9-14(15)13-7-6-8-13/h4-5,9-10,13,16-17H,6-8,11-12H2,1-3H3. The molecule has 0 spiro atoms.